The van der Waals surface area contributed by atoms with Crippen molar-refractivity contribution in [2.75, 3.05) is 103 Å². The number of benzene rings is 1. The number of nitrogens with zero attached hydrogens (tertiary/aromatic N) is 1. The molecule has 30 heavy (non-hydrogen) atoms. The Kier molecular flexibility index (Phi) is 13.2. The monoisotopic (exact) mass is 429 g/mol. The molecule has 1 aliphatic rings. The van der Waals surface area contributed by atoms with E-state index in [2.05, 4.69) is 9.74 Å². The zero-order valence-corrected chi connectivity index (χ0v) is 17.6. The Morgan fingerprint density at radius 2 is 1.23 bits per heavy atom. The molecule has 0 atom stereocenters. The molecule has 172 valence electrons. The van der Waals surface area contributed by atoms with Crippen molar-refractivity contribution in [2.45, 2.75) is 0 Å². The van der Waals surface area contributed by atoms with Crippen molar-refractivity contribution < 1.29 is 33.3 Å². The number of ether oxygens (including phenoxy) is 6. The van der Waals surface area contributed by atoms with Gasteiger partial charge in [-0.1, -0.05) is 0 Å². The molecule has 0 aromatic heterocycles. The van der Waals surface area contributed by atoms with E-state index in [-0.39, 0.29) is 6.61 Å². The fourth-order valence-electron chi connectivity index (χ4n) is 2.79. The lowest BCUT2D eigenvalue weighted by atomic mass is 10.2. The van der Waals surface area contributed by atoms with E-state index in [4.69, 9.17) is 40.1 Å². The van der Waals surface area contributed by atoms with E-state index in [0.717, 1.165) is 5.69 Å². The third kappa shape index (κ3) is 10.4. The van der Waals surface area contributed by atoms with Gasteiger partial charge in [-0.25, -0.2) is 5.90 Å². The minimum Gasteiger partial charge on any atom is -0.489 e. The quantitative estimate of drug-likeness (QED) is 0.387. The van der Waals surface area contributed by atoms with Crippen LogP contribution in [0, 0.1) is 0 Å². The number of hydrogen-bond acceptors (Lipinski definition) is 10. The minimum atomic E-state index is 0.283. The van der Waals surface area contributed by atoms with Gasteiger partial charge in [0.15, 0.2) is 0 Å². The van der Waals surface area contributed by atoms with Crippen LogP contribution >= 0.6 is 0 Å². The predicted molar refractivity (Wildman–Crippen MR) is 113 cm³/mol. The Hall–Kier alpha value is -1.66. The number of rotatable bonds is 5. The molecule has 0 radical (unpaired) electrons. The summed E-state index contributed by atoms with van der Waals surface area (Å²) < 4.78 is 33.7. The Labute approximate surface area is 178 Å². The maximum atomic E-state index is 5.94. The number of anilines is 2. The second kappa shape index (κ2) is 16.1. The molecule has 0 amide bonds. The molecule has 0 unspecified atom stereocenters. The summed E-state index contributed by atoms with van der Waals surface area (Å²) in [5, 5.41) is 0. The summed E-state index contributed by atoms with van der Waals surface area (Å²) in [4.78, 5) is 6.74. The van der Waals surface area contributed by atoms with Crippen LogP contribution < -0.4 is 21.3 Å². The summed E-state index contributed by atoms with van der Waals surface area (Å²) in [6.45, 7) is 7.28. The van der Waals surface area contributed by atoms with Crippen molar-refractivity contribution >= 4 is 11.4 Å². The van der Waals surface area contributed by atoms with Gasteiger partial charge in [0.05, 0.1) is 71.8 Å². The number of hydrogen-bond donors (Lipinski definition) is 2. The maximum Gasteiger partial charge on any atom is 0.144 e. The smallest absolute Gasteiger partial charge is 0.144 e. The van der Waals surface area contributed by atoms with Gasteiger partial charge < -0.3 is 43.9 Å². The van der Waals surface area contributed by atoms with Crippen molar-refractivity contribution in [2.24, 2.45) is 5.90 Å². The maximum absolute atomic E-state index is 5.94. The number of nitrogens with two attached hydrogens (primary N) is 2. The Balaban J connectivity index is 1.96. The SMILES string of the molecule is NOCCOc1cc(N)ccc1N1CCOCCOCCOCCOCCOCC1. The van der Waals surface area contributed by atoms with E-state index in [1.54, 1.807) is 6.07 Å². The summed E-state index contributed by atoms with van der Waals surface area (Å²) in [5.74, 6) is 5.76. The first-order valence-corrected chi connectivity index (χ1v) is 10.3. The Morgan fingerprint density at radius 1 is 0.733 bits per heavy atom. The largest absolute Gasteiger partial charge is 0.489 e. The topological polar surface area (TPSA) is 120 Å². The lowest BCUT2D eigenvalue weighted by Crippen LogP contribution is -2.32. The molecule has 1 fully saturated rings. The van der Waals surface area contributed by atoms with E-state index in [1.807, 2.05) is 12.1 Å². The lowest BCUT2D eigenvalue weighted by Gasteiger charge is -2.27. The van der Waals surface area contributed by atoms with Crippen molar-refractivity contribution in [3.8, 4) is 5.75 Å². The summed E-state index contributed by atoms with van der Waals surface area (Å²) in [6, 6.07) is 5.58. The van der Waals surface area contributed by atoms with Gasteiger partial charge in [0, 0.05) is 24.8 Å². The van der Waals surface area contributed by atoms with E-state index < -0.39 is 0 Å². The highest BCUT2D eigenvalue weighted by Crippen LogP contribution is 2.30. The van der Waals surface area contributed by atoms with Gasteiger partial charge in [0.1, 0.15) is 19.0 Å². The van der Waals surface area contributed by atoms with Gasteiger partial charge >= 0.3 is 0 Å². The highest BCUT2D eigenvalue weighted by Gasteiger charge is 2.13. The van der Waals surface area contributed by atoms with Gasteiger partial charge in [-0.15, -0.1) is 0 Å². The molecule has 2 rings (SSSR count). The summed E-state index contributed by atoms with van der Waals surface area (Å²) in [6.07, 6.45) is 0. The van der Waals surface area contributed by atoms with Crippen LogP contribution in [0.25, 0.3) is 0 Å². The molecular formula is C20H35N3O7. The molecular weight excluding hydrogens is 394 g/mol. The normalized spacial score (nSPS) is 19.0. The van der Waals surface area contributed by atoms with Gasteiger partial charge in [-0.2, -0.15) is 0 Å². The molecule has 1 saturated heterocycles. The zero-order chi connectivity index (χ0) is 21.3. The highest BCUT2D eigenvalue weighted by molar-refractivity contribution is 5.64. The van der Waals surface area contributed by atoms with Gasteiger partial charge in [0.25, 0.3) is 0 Å². The molecule has 0 aliphatic carbocycles. The fraction of sp³-hybridized carbons (Fsp3) is 0.700. The first-order chi connectivity index (χ1) is 14.8. The van der Waals surface area contributed by atoms with Crippen LogP contribution in [-0.2, 0) is 28.5 Å². The second-order valence-electron chi connectivity index (χ2n) is 6.50. The van der Waals surface area contributed by atoms with Crippen LogP contribution in [0.4, 0.5) is 11.4 Å². The lowest BCUT2D eigenvalue weighted by molar-refractivity contribution is -0.0116. The minimum absolute atomic E-state index is 0.283. The first-order valence-electron chi connectivity index (χ1n) is 10.3. The van der Waals surface area contributed by atoms with E-state index in [1.165, 1.54) is 0 Å². The Morgan fingerprint density at radius 3 is 1.73 bits per heavy atom. The molecule has 1 aliphatic heterocycles. The van der Waals surface area contributed by atoms with Crippen LogP contribution in [0.2, 0.25) is 0 Å². The second-order valence-corrected chi connectivity index (χ2v) is 6.50. The Bertz CT molecular complexity index is 547. The number of nitrogen functional groups attached to an aromatic ring is 1. The third-order valence-electron chi connectivity index (χ3n) is 4.28. The van der Waals surface area contributed by atoms with Gasteiger partial charge in [-0.05, 0) is 12.1 Å². The van der Waals surface area contributed by atoms with Gasteiger partial charge in [-0.3, -0.25) is 0 Å². The molecule has 1 aromatic carbocycles. The van der Waals surface area contributed by atoms with Crippen molar-refractivity contribution in [1.82, 2.24) is 0 Å². The fourth-order valence-corrected chi connectivity index (χ4v) is 2.79. The standard InChI is InChI=1S/C20H35N3O7/c21-18-1-2-19(20(17-18)29-15-16-30-22)23-3-5-24-7-9-26-11-13-28-14-12-27-10-8-25-6-4-23/h1-2,17H,3-16,21-22H2. The molecule has 1 heterocycles. The van der Waals surface area contributed by atoms with Crippen LogP contribution in [0.1, 0.15) is 0 Å². The average Bonchev–Trinajstić information content (AvgIpc) is 2.74. The first kappa shape index (κ1) is 24.6. The van der Waals surface area contributed by atoms with Crippen LogP contribution in [-0.4, -0.2) is 92.4 Å². The van der Waals surface area contributed by atoms with Crippen molar-refractivity contribution in [1.29, 1.82) is 0 Å². The molecule has 0 spiro atoms. The average molecular weight is 430 g/mol. The predicted octanol–water partition coefficient (Wildman–Crippen LogP) is 0.441. The molecule has 10 nitrogen and oxygen atoms in total. The van der Waals surface area contributed by atoms with E-state index in [9.17, 15) is 0 Å². The summed E-state index contributed by atoms with van der Waals surface area (Å²) in [7, 11) is 0. The van der Waals surface area contributed by atoms with Crippen LogP contribution in [0.15, 0.2) is 18.2 Å². The van der Waals surface area contributed by atoms with Crippen molar-refractivity contribution in [3.63, 3.8) is 0 Å². The van der Waals surface area contributed by atoms with Crippen LogP contribution in [0.3, 0.4) is 0 Å². The molecule has 0 bridgehead atoms. The van der Waals surface area contributed by atoms with E-state index in [0.29, 0.717) is 97.2 Å². The summed E-state index contributed by atoms with van der Waals surface area (Å²) in [5.41, 5.74) is 7.47. The molecule has 10 heteroatoms. The molecule has 4 N–H and O–H groups in total. The highest BCUT2D eigenvalue weighted by atomic mass is 16.6. The summed E-state index contributed by atoms with van der Waals surface area (Å²) >= 11 is 0. The van der Waals surface area contributed by atoms with Gasteiger partial charge in [0.2, 0.25) is 0 Å². The molecule has 0 saturated carbocycles. The van der Waals surface area contributed by atoms with E-state index >= 15 is 0 Å². The zero-order valence-electron chi connectivity index (χ0n) is 17.6. The molecule has 1 aromatic rings. The third-order valence-corrected chi connectivity index (χ3v) is 4.28. The van der Waals surface area contributed by atoms with Crippen molar-refractivity contribution in [3.05, 3.63) is 18.2 Å². The van der Waals surface area contributed by atoms with Crippen LogP contribution in [0.5, 0.6) is 5.75 Å².